The van der Waals surface area contributed by atoms with Gasteiger partial charge in [-0.2, -0.15) is 0 Å². The van der Waals surface area contributed by atoms with E-state index in [1.54, 1.807) is 0 Å². The summed E-state index contributed by atoms with van der Waals surface area (Å²) >= 11 is 1.49. The van der Waals surface area contributed by atoms with Gasteiger partial charge in [0.1, 0.15) is 6.04 Å². The first-order chi connectivity index (χ1) is 9.00. The minimum atomic E-state index is -0.941. The average Bonchev–Trinajstić information content (AvgIpc) is 2.96. The second kappa shape index (κ2) is 6.00. The number of carboxylic acids is 1. The van der Waals surface area contributed by atoms with Crippen molar-refractivity contribution in [1.82, 2.24) is 10.2 Å². The molecule has 7 heteroatoms. The van der Waals surface area contributed by atoms with Gasteiger partial charge in [0.25, 0.3) is 0 Å². The molecule has 2 amide bonds. The lowest BCUT2D eigenvalue weighted by atomic mass is 10.0. The SMILES string of the molecule is CC(NC(=O)N1C(C)SCC1C(=O)O)C1CCOC1. The Morgan fingerprint density at radius 1 is 1.53 bits per heavy atom. The molecule has 108 valence electrons. The second-order valence-electron chi connectivity index (χ2n) is 5.06. The fraction of sp³-hybridized carbons (Fsp3) is 0.833. The summed E-state index contributed by atoms with van der Waals surface area (Å²) in [6, 6.07) is -1.02. The zero-order valence-corrected chi connectivity index (χ0v) is 12.0. The standard InChI is InChI=1S/C12H20N2O4S/c1-7(9-3-4-18-5-9)13-12(17)14-8(2)19-6-10(14)11(15)16/h7-10H,3-6H2,1-2H3,(H,13,17)(H,15,16). The molecule has 2 fully saturated rings. The van der Waals surface area contributed by atoms with Crippen LogP contribution in [0.25, 0.3) is 0 Å². The zero-order chi connectivity index (χ0) is 14.0. The highest BCUT2D eigenvalue weighted by Crippen LogP contribution is 2.29. The van der Waals surface area contributed by atoms with Crippen LogP contribution in [0.2, 0.25) is 0 Å². The quantitative estimate of drug-likeness (QED) is 0.809. The summed E-state index contributed by atoms with van der Waals surface area (Å²) in [5, 5.41) is 11.9. The topological polar surface area (TPSA) is 78.9 Å². The number of urea groups is 1. The van der Waals surface area contributed by atoms with Crippen LogP contribution in [0.3, 0.4) is 0 Å². The molecule has 0 radical (unpaired) electrons. The monoisotopic (exact) mass is 288 g/mol. The summed E-state index contributed by atoms with van der Waals surface area (Å²) < 4.78 is 5.30. The van der Waals surface area contributed by atoms with Crippen molar-refractivity contribution < 1.29 is 19.4 Å². The van der Waals surface area contributed by atoms with Gasteiger partial charge in [-0.15, -0.1) is 11.8 Å². The number of carbonyl (C=O) groups is 2. The molecule has 0 bridgehead atoms. The fourth-order valence-electron chi connectivity index (χ4n) is 2.48. The lowest BCUT2D eigenvalue weighted by Gasteiger charge is -2.28. The number of nitrogens with zero attached hydrogens (tertiary/aromatic N) is 1. The molecule has 2 heterocycles. The Labute approximate surface area is 116 Å². The maximum absolute atomic E-state index is 12.2. The summed E-state index contributed by atoms with van der Waals surface area (Å²) in [6.07, 6.45) is 0.939. The van der Waals surface area contributed by atoms with Crippen molar-refractivity contribution in [1.29, 1.82) is 0 Å². The van der Waals surface area contributed by atoms with Gasteiger partial charge >= 0.3 is 12.0 Å². The van der Waals surface area contributed by atoms with Gasteiger partial charge in [0.05, 0.1) is 12.0 Å². The van der Waals surface area contributed by atoms with E-state index in [4.69, 9.17) is 9.84 Å². The van der Waals surface area contributed by atoms with E-state index in [9.17, 15) is 9.59 Å². The van der Waals surface area contributed by atoms with Gasteiger partial charge in [-0.25, -0.2) is 9.59 Å². The molecular weight excluding hydrogens is 268 g/mol. The molecule has 6 nitrogen and oxygen atoms in total. The van der Waals surface area contributed by atoms with E-state index in [-0.39, 0.29) is 17.4 Å². The number of carbonyl (C=O) groups excluding carboxylic acids is 1. The zero-order valence-electron chi connectivity index (χ0n) is 11.2. The van der Waals surface area contributed by atoms with Gasteiger partial charge < -0.3 is 15.2 Å². The highest BCUT2D eigenvalue weighted by atomic mass is 32.2. The Balaban J connectivity index is 1.95. The number of ether oxygens (including phenoxy) is 1. The van der Waals surface area contributed by atoms with Crippen LogP contribution in [0.5, 0.6) is 0 Å². The first kappa shape index (κ1) is 14.5. The molecule has 0 aromatic rings. The van der Waals surface area contributed by atoms with Crippen LogP contribution < -0.4 is 5.32 Å². The molecule has 0 aromatic carbocycles. The maximum Gasteiger partial charge on any atom is 0.327 e. The molecule has 19 heavy (non-hydrogen) atoms. The fourth-order valence-corrected chi connectivity index (χ4v) is 3.64. The third kappa shape index (κ3) is 3.14. The summed E-state index contributed by atoms with van der Waals surface area (Å²) in [7, 11) is 0. The highest BCUT2D eigenvalue weighted by Gasteiger charge is 2.40. The molecule has 2 aliphatic rings. The molecule has 0 saturated carbocycles. The minimum absolute atomic E-state index is 0.00208. The number of hydrogen-bond donors (Lipinski definition) is 2. The van der Waals surface area contributed by atoms with E-state index in [1.807, 2.05) is 13.8 Å². The molecular formula is C12H20N2O4S. The number of rotatable bonds is 3. The third-order valence-corrected chi connectivity index (χ3v) is 4.98. The Hall–Kier alpha value is -0.950. The predicted octanol–water partition coefficient (Wildman–Crippen LogP) is 0.969. The van der Waals surface area contributed by atoms with Gasteiger partial charge in [0.2, 0.25) is 0 Å². The van der Waals surface area contributed by atoms with Gasteiger partial charge in [-0.3, -0.25) is 4.90 Å². The van der Waals surface area contributed by atoms with Crippen molar-refractivity contribution in [2.45, 2.75) is 37.7 Å². The van der Waals surface area contributed by atoms with E-state index >= 15 is 0 Å². The third-order valence-electron chi connectivity index (χ3n) is 3.77. The number of amides is 2. The Kier molecular flexibility index (Phi) is 4.57. The summed E-state index contributed by atoms with van der Waals surface area (Å²) in [6.45, 7) is 5.20. The molecule has 2 N–H and O–H groups in total. The summed E-state index contributed by atoms with van der Waals surface area (Å²) in [5.41, 5.74) is 0. The average molecular weight is 288 g/mol. The van der Waals surface area contributed by atoms with Gasteiger partial charge in [-0.1, -0.05) is 0 Å². The van der Waals surface area contributed by atoms with Gasteiger partial charge in [0, 0.05) is 24.3 Å². The normalized spacial score (nSPS) is 32.3. The Morgan fingerprint density at radius 3 is 2.84 bits per heavy atom. The number of nitrogens with one attached hydrogen (secondary N) is 1. The lowest BCUT2D eigenvalue weighted by molar-refractivity contribution is -0.141. The van der Waals surface area contributed by atoms with Crippen molar-refractivity contribution >= 4 is 23.8 Å². The highest BCUT2D eigenvalue weighted by molar-refractivity contribution is 8.00. The van der Waals surface area contributed by atoms with Crippen molar-refractivity contribution in [2.24, 2.45) is 5.92 Å². The van der Waals surface area contributed by atoms with Crippen LogP contribution in [-0.4, -0.2) is 58.4 Å². The van der Waals surface area contributed by atoms with Crippen molar-refractivity contribution in [3.05, 3.63) is 0 Å². The van der Waals surface area contributed by atoms with Crippen LogP contribution in [-0.2, 0) is 9.53 Å². The van der Waals surface area contributed by atoms with Crippen LogP contribution in [0.4, 0.5) is 4.79 Å². The van der Waals surface area contributed by atoms with Crippen molar-refractivity contribution in [3.8, 4) is 0 Å². The smallest absolute Gasteiger partial charge is 0.327 e. The van der Waals surface area contributed by atoms with Crippen molar-refractivity contribution in [2.75, 3.05) is 19.0 Å². The largest absolute Gasteiger partial charge is 0.480 e. The predicted molar refractivity (Wildman–Crippen MR) is 72.1 cm³/mol. The van der Waals surface area contributed by atoms with Crippen LogP contribution in [0, 0.1) is 5.92 Å². The van der Waals surface area contributed by atoms with Crippen LogP contribution in [0.1, 0.15) is 20.3 Å². The van der Waals surface area contributed by atoms with E-state index in [0.717, 1.165) is 13.0 Å². The maximum atomic E-state index is 12.2. The first-order valence-corrected chi connectivity index (χ1v) is 7.56. The van der Waals surface area contributed by atoms with Crippen LogP contribution >= 0.6 is 11.8 Å². The summed E-state index contributed by atoms with van der Waals surface area (Å²) in [4.78, 5) is 24.8. The molecule has 0 spiro atoms. The number of hydrogen-bond acceptors (Lipinski definition) is 4. The first-order valence-electron chi connectivity index (χ1n) is 6.51. The minimum Gasteiger partial charge on any atom is -0.480 e. The molecule has 2 aliphatic heterocycles. The second-order valence-corrected chi connectivity index (χ2v) is 6.40. The van der Waals surface area contributed by atoms with E-state index < -0.39 is 12.0 Å². The van der Waals surface area contributed by atoms with E-state index in [2.05, 4.69) is 5.32 Å². The number of carboxylic acid groups (broad SMARTS) is 1. The van der Waals surface area contributed by atoms with E-state index in [0.29, 0.717) is 18.3 Å². The molecule has 0 aromatic heterocycles. The molecule has 0 aliphatic carbocycles. The Morgan fingerprint density at radius 2 is 2.26 bits per heavy atom. The van der Waals surface area contributed by atoms with Gasteiger partial charge in [0.15, 0.2) is 0 Å². The van der Waals surface area contributed by atoms with E-state index in [1.165, 1.54) is 16.7 Å². The molecule has 4 atom stereocenters. The van der Waals surface area contributed by atoms with Crippen LogP contribution in [0.15, 0.2) is 0 Å². The molecule has 2 saturated heterocycles. The molecule has 2 rings (SSSR count). The number of aliphatic carboxylic acids is 1. The number of thioether (sulfide) groups is 1. The van der Waals surface area contributed by atoms with Crippen molar-refractivity contribution in [3.63, 3.8) is 0 Å². The molecule has 4 unspecified atom stereocenters. The lowest BCUT2D eigenvalue weighted by Crippen LogP contribution is -2.52. The van der Waals surface area contributed by atoms with Gasteiger partial charge in [-0.05, 0) is 20.3 Å². The summed E-state index contributed by atoms with van der Waals surface area (Å²) in [5.74, 6) is -0.174. The Bertz CT molecular complexity index is 360.